The fourth-order valence-corrected chi connectivity index (χ4v) is 1.64. The number of nitrogens with zero attached hydrogens (tertiary/aromatic N) is 1. The van der Waals surface area contributed by atoms with Crippen LogP contribution in [-0.2, 0) is 0 Å². The molecule has 0 saturated heterocycles. The predicted octanol–water partition coefficient (Wildman–Crippen LogP) is -0.311. The van der Waals surface area contributed by atoms with Gasteiger partial charge in [-0.25, -0.2) is 4.52 Å². The summed E-state index contributed by atoms with van der Waals surface area (Å²) >= 11 is 0. The minimum absolute atomic E-state index is 0. The Morgan fingerprint density at radius 1 is 0.875 bits per heavy atom. The third-order valence-electron chi connectivity index (χ3n) is 2.39. The molecule has 16 heavy (non-hydrogen) atoms. The van der Waals surface area contributed by atoms with Crippen LogP contribution >= 0.6 is 0 Å². The lowest BCUT2D eigenvalue weighted by Crippen LogP contribution is -3.00. The SMILES string of the molecule is [Br-].c1ccc(-c2cc3cccc[n+]3o2)cc1. The summed E-state index contributed by atoms with van der Waals surface area (Å²) in [7, 11) is 0. The minimum atomic E-state index is 0. The molecule has 0 bridgehead atoms. The zero-order chi connectivity index (χ0) is 10.1. The monoisotopic (exact) mass is 275 g/mol. The van der Waals surface area contributed by atoms with Crippen molar-refractivity contribution >= 4 is 5.52 Å². The van der Waals surface area contributed by atoms with Crippen LogP contribution in [0.5, 0.6) is 0 Å². The van der Waals surface area contributed by atoms with Gasteiger partial charge in [0.15, 0.2) is 0 Å². The Balaban J connectivity index is 0.000000963. The molecule has 0 radical (unpaired) electrons. The van der Waals surface area contributed by atoms with Crippen LogP contribution in [0.25, 0.3) is 16.8 Å². The molecule has 0 aliphatic rings. The maximum Gasteiger partial charge on any atom is 0.262 e. The van der Waals surface area contributed by atoms with Crippen LogP contribution in [0.3, 0.4) is 0 Å². The normalized spacial score (nSPS) is 10.0. The number of hydrogen-bond donors (Lipinski definition) is 0. The molecule has 0 aliphatic carbocycles. The van der Waals surface area contributed by atoms with Crippen molar-refractivity contribution in [2.75, 3.05) is 0 Å². The maximum absolute atomic E-state index is 5.67. The Morgan fingerprint density at radius 3 is 2.38 bits per heavy atom. The fourth-order valence-electron chi connectivity index (χ4n) is 1.64. The van der Waals surface area contributed by atoms with E-state index in [0.717, 1.165) is 16.8 Å². The van der Waals surface area contributed by atoms with E-state index in [2.05, 4.69) is 0 Å². The number of fused-ring (bicyclic) bond motifs is 1. The van der Waals surface area contributed by atoms with E-state index in [9.17, 15) is 0 Å². The van der Waals surface area contributed by atoms with Crippen LogP contribution in [-0.4, -0.2) is 0 Å². The Bertz CT molecular complexity index is 556. The van der Waals surface area contributed by atoms with Gasteiger partial charge in [0.05, 0.1) is 6.07 Å². The lowest BCUT2D eigenvalue weighted by molar-refractivity contribution is -0.714. The van der Waals surface area contributed by atoms with E-state index in [-0.39, 0.29) is 17.0 Å². The molecule has 3 aromatic rings. The molecular formula is C13H10BrNO. The first kappa shape index (κ1) is 10.9. The van der Waals surface area contributed by atoms with E-state index in [1.165, 1.54) is 0 Å². The van der Waals surface area contributed by atoms with Crippen molar-refractivity contribution in [1.29, 1.82) is 0 Å². The van der Waals surface area contributed by atoms with Crippen molar-refractivity contribution in [3.8, 4) is 11.3 Å². The number of rotatable bonds is 1. The molecule has 3 rings (SSSR count). The Morgan fingerprint density at radius 2 is 1.62 bits per heavy atom. The molecule has 3 heteroatoms. The van der Waals surface area contributed by atoms with Gasteiger partial charge >= 0.3 is 0 Å². The second-order valence-corrected chi connectivity index (χ2v) is 3.42. The molecule has 0 saturated carbocycles. The summed E-state index contributed by atoms with van der Waals surface area (Å²) in [4.78, 5) is 0. The highest BCUT2D eigenvalue weighted by molar-refractivity contribution is 5.61. The summed E-state index contributed by atoms with van der Waals surface area (Å²) in [6.07, 6.45) is 1.90. The Labute approximate surface area is 104 Å². The fraction of sp³-hybridized carbons (Fsp3) is 0. The van der Waals surface area contributed by atoms with Gasteiger partial charge in [0.2, 0.25) is 12.0 Å². The van der Waals surface area contributed by atoms with Crippen molar-refractivity contribution < 1.29 is 26.1 Å². The summed E-state index contributed by atoms with van der Waals surface area (Å²) in [5, 5.41) is 0. The molecule has 0 spiro atoms. The van der Waals surface area contributed by atoms with E-state index in [1.807, 2.05) is 60.8 Å². The van der Waals surface area contributed by atoms with E-state index < -0.39 is 0 Å². The van der Waals surface area contributed by atoms with Crippen LogP contribution < -0.4 is 21.6 Å². The largest absolute Gasteiger partial charge is 1.00 e. The average Bonchev–Trinajstić information content (AvgIpc) is 2.74. The topological polar surface area (TPSA) is 17.2 Å². The van der Waals surface area contributed by atoms with Gasteiger partial charge in [-0.1, -0.05) is 30.3 Å². The van der Waals surface area contributed by atoms with Crippen LogP contribution in [0.1, 0.15) is 0 Å². The van der Waals surface area contributed by atoms with Crippen molar-refractivity contribution in [3.63, 3.8) is 0 Å². The zero-order valence-corrected chi connectivity index (χ0v) is 10.1. The van der Waals surface area contributed by atoms with Gasteiger partial charge < -0.3 is 17.0 Å². The molecule has 1 aromatic carbocycles. The first-order chi connectivity index (χ1) is 7.43. The molecule has 0 N–H and O–H groups in total. The van der Waals surface area contributed by atoms with Crippen molar-refractivity contribution in [3.05, 3.63) is 60.8 Å². The standard InChI is InChI=1S/C13H10NO.BrH/c1-2-6-11(7-3-1)13-10-12-8-4-5-9-14(12)15-13;/h1-10H;1H/q+1;/p-1. The van der Waals surface area contributed by atoms with E-state index in [4.69, 9.17) is 4.52 Å². The quantitative estimate of drug-likeness (QED) is 0.557. The number of halogens is 1. The van der Waals surface area contributed by atoms with Gasteiger partial charge in [0.25, 0.3) is 5.52 Å². The summed E-state index contributed by atoms with van der Waals surface area (Å²) in [6, 6.07) is 18.1. The summed E-state index contributed by atoms with van der Waals surface area (Å²) < 4.78 is 7.44. The first-order valence-electron chi connectivity index (χ1n) is 4.90. The molecule has 0 atom stereocenters. The van der Waals surface area contributed by atoms with Gasteiger partial charge in [-0.2, -0.15) is 0 Å². The highest BCUT2D eigenvalue weighted by Crippen LogP contribution is 2.18. The minimum Gasteiger partial charge on any atom is -1.00 e. The van der Waals surface area contributed by atoms with Crippen LogP contribution in [0.4, 0.5) is 0 Å². The molecule has 2 nitrogen and oxygen atoms in total. The number of hydrogen-bond acceptors (Lipinski definition) is 1. The second-order valence-electron chi connectivity index (χ2n) is 3.42. The lowest BCUT2D eigenvalue weighted by atomic mass is 10.2. The molecule has 0 unspecified atom stereocenters. The van der Waals surface area contributed by atoms with Gasteiger partial charge in [0.1, 0.15) is 0 Å². The Hall–Kier alpha value is -1.61. The molecule has 0 fully saturated rings. The zero-order valence-electron chi connectivity index (χ0n) is 8.51. The van der Waals surface area contributed by atoms with Crippen molar-refractivity contribution in [2.24, 2.45) is 0 Å². The molecule has 2 aromatic heterocycles. The third-order valence-corrected chi connectivity index (χ3v) is 2.39. The summed E-state index contributed by atoms with van der Waals surface area (Å²) in [6.45, 7) is 0. The van der Waals surface area contributed by atoms with Crippen molar-refractivity contribution in [2.45, 2.75) is 0 Å². The third kappa shape index (κ3) is 1.86. The van der Waals surface area contributed by atoms with Crippen LogP contribution in [0.2, 0.25) is 0 Å². The average molecular weight is 276 g/mol. The molecule has 0 amide bonds. The molecular weight excluding hydrogens is 266 g/mol. The lowest BCUT2D eigenvalue weighted by Gasteiger charge is -1.89. The van der Waals surface area contributed by atoms with Gasteiger partial charge in [-0.15, -0.1) is 0 Å². The number of aromatic nitrogens is 1. The first-order valence-corrected chi connectivity index (χ1v) is 4.90. The number of benzene rings is 1. The maximum atomic E-state index is 5.67. The molecule has 80 valence electrons. The molecule has 0 aliphatic heterocycles. The van der Waals surface area contributed by atoms with Crippen LogP contribution in [0.15, 0.2) is 65.3 Å². The van der Waals surface area contributed by atoms with Crippen molar-refractivity contribution in [1.82, 2.24) is 0 Å². The molecule has 2 heterocycles. The van der Waals surface area contributed by atoms with Gasteiger partial charge in [-0.3, -0.25) is 0 Å². The highest BCUT2D eigenvalue weighted by Gasteiger charge is 2.11. The van der Waals surface area contributed by atoms with Gasteiger partial charge in [-0.05, 0) is 6.07 Å². The summed E-state index contributed by atoms with van der Waals surface area (Å²) in [5.41, 5.74) is 2.16. The smallest absolute Gasteiger partial charge is 0.262 e. The van der Waals surface area contributed by atoms with Crippen LogP contribution in [0, 0.1) is 0 Å². The highest BCUT2D eigenvalue weighted by atomic mass is 79.9. The Kier molecular flexibility index (Phi) is 3.06. The van der Waals surface area contributed by atoms with E-state index in [0.29, 0.717) is 0 Å². The number of pyridine rings is 1. The van der Waals surface area contributed by atoms with Gasteiger partial charge in [0, 0.05) is 22.3 Å². The summed E-state index contributed by atoms with van der Waals surface area (Å²) in [5.74, 6) is 0.891. The predicted molar refractivity (Wildman–Crippen MR) is 57.3 cm³/mol. The second kappa shape index (κ2) is 4.49. The van der Waals surface area contributed by atoms with E-state index in [1.54, 1.807) is 4.57 Å². The van der Waals surface area contributed by atoms with E-state index >= 15 is 0 Å².